The quantitative estimate of drug-likeness (QED) is 0.755. The SMILES string of the molecule is CN(C)S(=O)(=O)c1ccc(CNC2CCCC2C2COCCN2)cc1.Cl. The summed E-state index contributed by atoms with van der Waals surface area (Å²) in [6.07, 6.45) is 3.68. The first-order valence-corrected chi connectivity index (χ1v) is 10.5. The smallest absolute Gasteiger partial charge is 0.242 e. The van der Waals surface area contributed by atoms with Crippen LogP contribution in [0.2, 0.25) is 0 Å². The van der Waals surface area contributed by atoms with E-state index in [-0.39, 0.29) is 12.4 Å². The molecule has 0 bridgehead atoms. The van der Waals surface area contributed by atoms with Crippen LogP contribution < -0.4 is 10.6 Å². The standard InChI is InChI=1S/C18H29N3O3S.ClH/c1-21(2)25(22,23)15-8-6-14(7-9-15)12-20-17-5-3-4-16(17)18-13-24-11-10-19-18;/h6-9,16-20H,3-5,10-13H2,1-2H3;1H. The first kappa shape index (κ1) is 21.6. The first-order valence-electron chi connectivity index (χ1n) is 9.04. The largest absolute Gasteiger partial charge is 0.379 e. The van der Waals surface area contributed by atoms with Crippen LogP contribution in [0.5, 0.6) is 0 Å². The van der Waals surface area contributed by atoms with Gasteiger partial charge >= 0.3 is 0 Å². The van der Waals surface area contributed by atoms with E-state index in [0.29, 0.717) is 22.9 Å². The molecule has 0 radical (unpaired) electrons. The van der Waals surface area contributed by atoms with Crippen molar-refractivity contribution in [3.8, 4) is 0 Å². The molecule has 2 N–H and O–H groups in total. The Hall–Kier alpha value is -0.700. The molecular formula is C18H30ClN3O3S. The molecule has 3 rings (SSSR count). The topological polar surface area (TPSA) is 70.7 Å². The van der Waals surface area contributed by atoms with Gasteiger partial charge in [-0.3, -0.25) is 0 Å². The molecule has 0 aromatic heterocycles. The maximum atomic E-state index is 12.1. The molecule has 6 nitrogen and oxygen atoms in total. The summed E-state index contributed by atoms with van der Waals surface area (Å²) in [4.78, 5) is 0.337. The van der Waals surface area contributed by atoms with Crippen LogP contribution in [-0.2, 0) is 21.3 Å². The Morgan fingerprint density at radius 2 is 1.96 bits per heavy atom. The fourth-order valence-corrected chi connectivity index (χ4v) is 4.73. The lowest BCUT2D eigenvalue weighted by Gasteiger charge is -2.33. The predicted octanol–water partition coefficient (Wildman–Crippen LogP) is 1.61. The number of halogens is 1. The van der Waals surface area contributed by atoms with E-state index < -0.39 is 10.0 Å². The van der Waals surface area contributed by atoms with E-state index in [1.54, 1.807) is 26.2 Å². The molecule has 1 aliphatic carbocycles. The van der Waals surface area contributed by atoms with Gasteiger partial charge in [-0.1, -0.05) is 18.6 Å². The number of hydrogen-bond acceptors (Lipinski definition) is 5. The van der Waals surface area contributed by atoms with Crippen molar-refractivity contribution in [2.75, 3.05) is 33.9 Å². The lowest BCUT2D eigenvalue weighted by Crippen LogP contribution is -2.50. The second-order valence-corrected chi connectivity index (χ2v) is 9.30. The third-order valence-corrected chi connectivity index (χ3v) is 7.14. The van der Waals surface area contributed by atoms with Gasteiger partial charge in [0, 0.05) is 39.3 Å². The predicted molar refractivity (Wildman–Crippen MR) is 105 cm³/mol. The molecule has 0 spiro atoms. The number of benzene rings is 1. The summed E-state index contributed by atoms with van der Waals surface area (Å²) in [6, 6.07) is 8.11. The number of sulfonamides is 1. The lowest BCUT2D eigenvalue weighted by atomic mass is 9.94. The van der Waals surface area contributed by atoms with Crippen LogP contribution in [0.1, 0.15) is 24.8 Å². The lowest BCUT2D eigenvalue weighted by molar-refractivity contribution is 0.0524. The molecule has 1 aliphatic heterocycles. The van der Waals surface area contributed by atoms with Crippen molar-refractivity contribution in [2.24, 2.45) is 5.92 Å². The Labute approximate surface area is 163 Å². The highest BCUT2D eigenvalue weighted by Gasteiger charge is 2.34. The summed E-state index contributed by atoms with van der Waals surface area (Å²) < 4.78 is 31.1. The van der Waals surface area contributed by atoms with Crippen LogP contribution in [0.15, 0.2) is 29.2 Å². The number of hydrogen-bond donors (Lipinski definition) is 2. The molecule has 2 aliphatic rings. The molecular weight excluding hydrogens is 374 g/mol. The zero-order valence-electron chi connectivity index (χ0n) is 15.5. The van der Waals surface area contributed by atoms with Crippen LogP contribution >= 0.6 is 12.4 Å². The number of nitrogens with zero attached hydrogens (tertiary/aromatic N) is 1. The maximum absolute atomic E-state index is 12.1. The van der Waals surface area contributed by atoms with Gasteiger partial charge in [-0.05, 0) is 36.5 Å². The molecule has 1 aromatic rings. The Morgan fingerprint density at radius 1 is 1.23 bits per heavy atom. The summed E-state index contributed by atoms with van der Waals surface area (Å²) in [5.74, 6) is 0.605. The van der Waals surface area contributed by atoms with E-state index >= 15 is 0 Å². The average molecular weight is 404 g/mol. The Bertz CT molecular complexity index is 661. The third-order valence-electron chi connectivity index (χ3n) is 5.31. The summed E-state index contributed by atoms with van der Waals surface area (Å²) in [6.45, 7) is 3.32. The summed E-state index contributed by atoms with van der Waals surface area (Å²) in [5.41, 5.74) is 1.11. The van der Waals surface area contributed by atoms with E-state index in [4.69, 9.17) is 4.74 Å². The van der Waals surface area contributed by atoms with E-state index in [1.165, 1.54) is 23.6 Å². The second kappa shape index (κ2) is 9.48. The molecule has 1 saturated heterocycles. The minimum absolute atomic E-state index is 0. The van der Waals surface area contributed by atoms with Crippen molar-refractivity contribution < 1.29 is 13.2 Å². The van der Waals surface area contributed by atoms with E-state index in [9.17, 15) is 8.42 Å². The summed E-state index contributed by atoms with van der Waals surface area (Å²) in [5, 5.41) is 7.26. The highest BCUT2D eigenvalue weighted by molar-refractivity contribution is 7.89. The van der Waals surface area contributed by atoms with Crippen molar-refractivity contribution >= 4 is 22.4 Å². The van der Waals surface area contributed by atoms with Crippen molar-refractivity contribution in [1.29, 1.82) is 0 Å². The van der Waals surface area contributed by atoms with Gasteiger partial charge in [0.05, 0.1) is 18.1 Å². The van der Waals surface area contributed by atoms with Crippen molar-refractivity contribution in [2.45, 2.75) is 42.8 Å². The molecule has 26 heavy (non-hydrogen) atoms. The van der Waals surface area contributed by atoms with Gasteiger partial charge < -0.3 is 15.4 Å². The molecule has 0 amide bonds. The van der Waals surface area contributed by atoms with Crippen LogP contribution in [0, 0.1) is 5.92 Å². The van der Waals surface area contributed by atoms with Crippen LogP contribution in [0.25, 0.3) is 0 Å². The van der Waals surface area contributed by atoms with Gasteiger partial charge in [0.15, 0.2) is 0 Å². The maximum Gasteiger partial charge on any atom is 0.242 e. The number of ether oxygens (including phenoxy) is 1. The van der Waals surface area contributed by atoms with Gasteiger partial charge in [-0.2, -0.15) is 0 Å². The van der Waals surface area contributed by atoms with Crippen molar-refractivity contribution in [3.05, 3.63) is 29.8 Å². The average Bonchev–Trinajstić information content (AvgIpc) is 3.09. The molecule has 148 valence electrons. The Kier molecular flexibility index (Phi) is 7.88. The van der Waals surface area contributed by atoms with Gasteiger partial charge in [0.2, 0.25) is 10.0 Å². The van der Waals surface area contributed by atoms with Crippen LogP contribution in [-0.4, -0.2) is 58.7 Å². The third kappa shape index (κ3) is 4.97. The van der Waals surface area contributed by atoms with E-state index in [0.717, 1.165) is 31.9 Å². The fraction of sp³-hybridized carbons (Fsp3) is 0.667. The van der Waals surface area contributed by atoms with Gasteiger partial charge in [-0.15, -0.1) is 12.4 Å². The van der Waals surface area contributed by atoms with Crippen LogP contribution in [0.3, 0.4) is 0 Å². The second-order valence-electron chi connectivity index (χ2n) is 7.15. The summed E-state index contributed by atoms with van der Waals surface area (Å²) >= 11 is 0. The number of rotatable bonds is 6. The first-order chi connectivity index (χ1) is 12.0. The van der Waals surface area contributed by atoms with Gasteiger partial charge in [0.1, 0.15) is 0 Å². The molecule has 8 heteroatoms. The highest BCUT2D eigenvalue weighted by atomic mass is 35.5. The van der Waals surface area contributed by atoms with Gasteiger partial charge in [0.25, 0.3) is 0 Å². The monoisotopic (exact) mass is 403 g/mol. The van der Waals surface area contributed by atoms with E-state index in [1.807, 2.05) is 12.1 Å². The molecule has 1 aromatic carbocycles. The molecule has 3 unspecified atom stereocenters. The van der Waals surface area contributed by atoms with Crippen molar-refractivity contribution in [1.82, 2.24) is 14.9 Å². The highest BCUT2D eigenvalue weighted by Crippen LogP contribution is 2.29. The minimum atomic E-state index is -3.36. The zero-order chi connectivity index (χ0) is 17.9. The molecule has 2 fully saturated rings. The summed E-state index contributed by atoms with van der Waals surface area (Å²) in [7, 11) is -0.257. The van der Waals surface area contributed by atoms with Crippen molar-refractivity contribution in [3.63, 3.8) is 0 Å². The number of morpholine rings is 1. The number of nitrogens with one attached hydrogen (secondary N) is 2. The van der Waals surface area contributed by atoms with Gasteiger partial charge in [-0.25, -0.2) is 12.7 Å². The Balaban J connectivity index is 0.00000243. The minimum Gasteiger partial charge on any atom is -0.379 e. The normalized spacial score (nSPS) is 26.7. The van der Waals surface area contributed by atoms with E-state index in [2.05, 4.69) is 10.6 Å². The molecule has 1 heterocycles. The van der Waals surface area contributed by atoms with Crippen LogP contribution in [0.4, 0.5) is 0 Å². The Morgan fingerprint density at radius 3 is 2.58 bits per heavy atom. The fourth-order valence-electron chi connectivity index (χ4n) is 3.82. The zero-order valence-corrected chi connectivity index (χ0v) is 17.1. The molecule has 3 atom stereocenters. The molecule has 1 saturated carbocycles.